The Morgan fingerprint density at radius 3 is 2.48 bits per heavy atom. The molecule has 0 aromatic heterocycles. The standard InChI is InChI=1S/C19H25NO/c1-15-14-17(12-13-19(15)21-3)18(20-2)11-7-10-16-8-5-4-6-9-16/h4-6,8-9,12-14,18,20H,7,10-11H2,1-3H3. The highest BCUT2D eigenvalue weighted by molar-refractivity contribution is 5.37. The van der Waals surface area contributed by atoms with E-state index in [-0.39, 0.29) is 0 Å². The molecule has 0 heterocycles. The average Bonchev–Trinajstić information content (AvgIpc) is 2.52. The van der Waals surface area contributed by atoms with Crippen molar-refractivity contribution in [2.75, 3.05) is 14.2 Å². The summed E-state index contributed by atoms with van der Waals surface area (Å²) in [6.07, 6.45) is 3.45. The van der Waals surface area contributed by atoms with Gasteiger partial charge in [-0.2, -0.15) is 0 Å². The van der Waals surface area contributed by atoms with Crippen LogP contribution in [0.2, 0.25) is 0 Å². The van der Waals surface area contributed by atoms with E-state index in [1.807, 2.05) is 7.05 Å². The molecule has 0 fully saturated rings. The second kappa shape index (κ2) is 7.84. The van der Waals surface area contributed by atoms with Crippen molar-refractivity contribution in [3.63, 3.8) is 0 Å². The first-order valence-electron chi connectivity index (χ1n) is 7.60. The highest BCUT2D eigenvalue weighted by atomic mass is 16.5. The second-order valence-electron chi connectivity index (χ2n) is 5.45. The Labute approximate surface area is 128 Å². The zero-order valence-corrected chi connectivity index (χ0v) is 13.2. The summed E-state index contributed by atoms with van der Waals surface area (Å²) in [5.41, 5.74) is 3.94. The third-order valence-electron chi connectivity index (χ3n) is 3.97. The van der Waals surface area contributed by atoms with Gasteiger partial charge in [-0.1, -0.05) is 42.5 Å². The Morgan fingerprint density at radius 1 is 1.10 bits per heavy atom. The van der Waals surface area contributed by atoms with Gasteiger partial charge < -0.3 is 10.1 Å². The molecule has 0 radical (unpaired) electrons. The number of methoxy groups -OCH3 is 1. The summed E-state index contributed by atoms with van der Waals surface area (Å²) in [6, 6.07) is 17.5. The first kappa shape index (κ1) is 15.6. The van der Waals surface area contributed by atoms with E-state index in [0.29, 0.717) is 6.04 Å². The molecule has 0 amide bonds. The Hall–Kier alpha value is -1.80. The monoisotopic (exact) mass is 283 g/mol. The molecular formula is C19H25NO. The van der Waals surface area contributed by atoms with Crippen LogP contribution in [-0.2, 0) is 6.42 Å². The van der Waals surface area contributed by atoms with Crippen LogP contribution in [0.25, 0.3) is 0 Å². The normalized spacial score (nSPS) is 12.1. The Balaban J connectivity index is 1.95. The van der Waals surface area contributed by atoms with Crippen LogP contribution in [0, 0.1) is 6.92 Å². The average molecular weight is 283 g/mol. The molecule has 1 N–H and O–H groups in total. The molecule has 0 bridgehead atoms. The summed E-state index contributed by atoms with van der Waals surface area (Å²) in [7, 11) is 3.75. The van der Waals surface area contributed by atoms with Crippen LogP contribution in [0.1, 0.15) is 35.6 Å². The van der Waals surface area contributed by atoms with Crippen molar-refractivity contribution in [3.05, 3.63) is 65.2 Å². The Bertz CT molecular complexity index is 551. The van der Waals surface area contributed by atoms with Gasteiger partial charge in [-0.3, -0.25) is 0 Å². The topological polar surface area (TPSA) is 21.3 Å². The van der Waals surface area contributed by atoms with E-state index >= 15 is 0 Å². The fourth-order valence-electron chi connectivity index (χ4n) is 2.75. The first-order valence-corrected chi connectivity index (χ1v) is 7.60. The van der Waals surface area contributed by atoms with E-state index < -0.39 is 0 Å². The van der Waals surface area contributed by atoms with E-state index in [2.05, 4.69) is 60.8 Å². The number of aryl methyl sites for hydroxylation is 2. The molecule has 0 aliphatic heterocycles. The van der Waals surface area contributed by atoms with E-state index in [0.717, 1.165) is 18.6 Å². The van der Waals surface area contributed by atoms with Crippen molar-refractivity contribution in [1.29, 1.82) is 0 Å². The quantitative estimate of drug-likeness (QED) is 0.818. The summed E-state index contributed by atoms with van der Waals surface area (Å²) >= 11 is 0. The lowest BCUT2D eigenvalue weighted by atomic mass is 9.97. The summed E-state index contributed by atoms with van der Waals surface area (Å²) in [4.78, 5) is 0. The molecule has 21 heavy (non-hydrogen) atoms. The molecule has 0 aliphatic rings. The van der Waals surface area contributed by atoms with Gasteiger partial charge in [-0.15, -0.1) is 0 Å². The maximum atomic E-state index is 5.33. The predicted molar refractivity (Wildman–Crippen MR) is 88.9 cm³/mol. The van der Waals surface area contributed by atoms with Gasteiger partial charge in [0.05, 0.1) is 7.11 Å². The first-order chi connectivity index (χ1) is 10.2. The van der Waals surface area contributed by atoms with Crippen LogP contribution in [0.4, 0.5) is 0 Å². The zero-order valence-electron chi connectivity index (χ0n) is 13.2. The van der Waals surface area contributed by atoms with Crippen LogP contribution in [0.15, 0.2) is 48.5 Å². The molecule has 2 aromatic carbocycles. The zero-order chi connectivity index (χ0) is 15.1. The van der Waals surface area contributed by atoms with Gasteiger partial charge in [0, 0.05) is 6.04 Å². The number of benzene rings is 2. The van der Waals surface area contributed by atoms with Gasteiger partial charge in [0.15, 0.2) is 0 Å². The van der Waals surface area contributed by atoms with Crippen molar-refractivity contribution >= 4 is 0 Å². The SMILES string of the molecule is CNC(CCCc1ccccc1)c1ccc(OC)c(C)c1. The van der Waals surface area contributed by atoms with Crippen molar-refractivity contribution < 1.29 is 4.74 Å². The molecule has 0 saturated heterocycles. The van der Waals surface area contributed by atoms with E-state index in [1.165, 1.54) is 23.1 Å². The predicted octanol–water partition coefficient (Wildman–Crippen LogP) is 4.29. The molecule has 0 aliphatic carbocycles. The minimum atomic E-state index is 0.401. The van der Waals surface area contributed by atoms with Gasteiger partial charge in [-0.05, 0) is 56.0 Å². The molecular weight excluding hydrogens is 258 g/mol. The molecule has 2 nitrogen and oxygen atoms in total. The molecule has 1 atom stereocenters. The van der Waals surface area contributed by atoms with E-state index in [4.69, 9.17) is 4.74 Å². The van der Waals surface area contributed by atoms with Crippen LogP contribution < -0.4 is 10.1 Å². The molecule has 112 valence electrons. The number of hydrogen-bond donors (Lipinski definition) is 1. The maximum absolute atomic E-state index is 5.33. The third kappa shape index (κ3) is 4.33. The van der Waals surface area contributed by atoms with Crippen LogP contribution in [-0.4, -0.2) is 14.2 Å². The van der Waals surface area contributed by atoms with Crippen molar-refractivity contribution in [1.82, 2.24) is 5.32 Å². The fraction of sp³-hybridized carbons (Fsp3) is 0.368. The number of nitrogens with one attached hydrogen (secondary N) is 1. The van der Waals surface area contributed by atoms with Crippen molar-refractivity contribution in [2.24, 2.45) is 0 Å². The maximum Gasteiger partial charge on any atom is 0.121 e. The van der Waals surface area contributed by atoms with Gasteiger partial charge in [-0.25, -0.2) is 0 Å². The molecule has 0 saturated carbocycles. The molecule has 1 unspecified atom stereocenters. The van der Waals surface area contributed by atoms with Gasteiger partial charge in [0.2, 0.25) is 0 Å². The molecule has 2 rings (SSSR count). The van der Waals surface area contributed by atoms with Crippen LogP contribution in [0.3, 0.4) is 0 Å². The van der Waals surface area contributed by atoms with Gasteiger partial charge >= 0.3 is 0 Å². The number of ether oxygens (including phenoxy) is 1. The summed E-state index contributed by atoms with van der Waals surface area (Å²) in [5.74, 6) is 0.956. The lowest BCUT2D eigenvalue weighted by Gasteiger charge is -2.18. The second-order valence-corrected chi connectivity index (χ2v) is 5.45. The van der Waals surface area contributed by atoms with Gasteiger partial charge in [0.1, 0.15) is 5.75 Å². The van der Waals surface area contributed by atoms with E-state index in [9.17, 15) is 0 Å². The summed E-state index contributed by atoms with van der Waals surface area (Å²) in [6.45, 7) is 2.10. The lowest BCUT2D eigenvalue weighted by molar-refractivity contribution is 0.411. The number of hydrogen-bond acceptors (Lipinski definition) is 2. The van der Waals surface area contributed by atoms with Crippen molar-refractivity contribution in [3.8, 4) is 5.75 Å². The Morgan fingerprint density at radius 2 is 1.86 bits per heavy atom. The summed E-state index contributed by atoms with van der Waals surface area (Å²) in [5, 5.41) is 3.43. The van der Waals surface area contributed by atoms with Gasteiger partial charge in [0.25, 0.3) is 0 Å². The minimum absolute atomic E-state index is 0.401. The Kier molecular flexibility index (Phi) is 5.82. The molecule has 0 spiro atoms. The van der Waals surface area contributed by atoms with Crippen LogP contribution >= 0.6 is 0 Å². The lowest BCUT2D eigenvalue weighted by Crippen LogP contribution is -2.16. The molecule has 2 heteroatoms. The highest BCUT2D eigenvalue weighted by Gasteiger charge is 2.10. The summed E-state index contributed by atoms with van der Waals surface area (Å²) < 4.78 is 5.33. The largest absolute Gasteiger partial charge is 0.496 e. The minimum Gasteiger partial charge on any atom is -0.496 e. The number of rotatable bonds is 7. The molecule has 2 aromatic rings. The van der Waals surface area contributed by atoms with E-state index in [1.54, 1.807) is 7.11 Å². The fourth-order valence-corrected chi connectivity index (χ4v) is 2.75. The van der Waals surface area contributed by atoms with Crippen LogP contribution in [0.5, 0.6) is 5.75 Å². The third-order valence-corrected chi connectivity index (χ3v) is 3.97. The smallest absolute Gasteiger partial charge is 0.121 e. The highest BCUT2D eigenvalue weighted by Crippen LogP contribution is 2.25. The van der Waals surface area contributed by atoms with Crippen molar-refractivity contribution in [2.45, 2.75) is 32.2 Å².